The lowest BCUT2D eigenvalue weighted by Crippen LogP contribution is -2.30. The van der Waals surface area contributed by atoms with Gasteiger partial charge in [-0.15, -0.1) is 0 Å². The smallest absolute Gasteiger partial charge is 0.309 e. The summed E-state index contributed by atoms with van der Waals surface area (Å²) in [4.78, 5) is 12.5. The van der Waals surface area contributed by atoms with Crippen molar-refractivity contribution in [1.29, 1.82) is 5.26 Å². The van der Waals surface area contributed by atoms with Gasteiger partial charge in [-0.25, -0.2) is 0 Å². The van der Waals surface area contributed by atoms with Gasteiger partial charge in [-0.05, 0) is 82.1 Å². The fraction of sp³-hybridized carbons (Fsp3) is 0.826. The van der Waals surface area contributed by atoms with Gasteiger partial charge in [0.1, 0.15) is 12.2 Å². The Labute approximate surface area is 164 Å². The molecule has 0 aromatic rings. The van der Waals surface area contributed by atoms with Gasteiger partial charge in [0.25, 0.3) is 0 Å². The van der Waals surface area contributed by atoms with Crippen LogP contribution in [0.15, 0.2) is 11.9 Å². The molecule has 0 amide bonds. The number of hydrogen-bond acceptors (Lipinski definition) is 3. The Bertz CT molecular complexity index is 509. The molecule has 2 aliphatic carbocycles. The van der Waals surface area contributed by atoms with Gasteiger partial charge in [0.15, 0.2) is 5.83 Å². The third-order valence-electron chi connectivity index (χ3n) is 6.48. The van der Waals surface area contributed by atoms with E-state index in [-0.39, 0.29) is 18.0 Å². The zero-order valence-corrected chi connectivity index (χ0v) is 16.9. The van der Waals surface area contributed by atoms with Gasteiger partial charge in [-0.2, -0.15) is 9.65 Å². The maximum absolute atomic E-state index is 12.8. The second-order valence-corrected chi connectivity index (χ2v) is 8.53. The molecule has 152 valence electrons. The number of rotatable bonds is 9. The molecule has 3 nitrogen and oxygen atoms in total. The van der Waals surface area contributed by atoms with Gasteiger partial charge in [-0.1, -0.05) is 32.6 Å². The number of hydrogen-bond donors (Lipinski definition) is 0. The summed E-state index contributed by atoms with van der Waals surface area (Å²) in [6.07, 6.45) is 16.5. The van der Waals surface area contributed by atoms with Crippen LogP contribution in [0.2, 0.25) is 0 Å². The van der Waals surface area contributed by atoms with Crippen molar-refractivity contribution in [3.05, 3.63) is 11.9 Å². The molecule has 0 unspecified atom stereocenters. The Balaban J connectivity index is 1.60. The minimum Gasteiger partial charge on any atom is -0.462 e. The van der Waals surface area contributed by atoms with Crippen LogP contribution in [0.5, 0.6) is 0 Å². The van der Waals surface area contributed by atoms with E-state index in [2.05, 4.69) is 6.92 Å². The number of nitriles is 1. The topological polar surface area (TPSA) is 50.1 Å². The van der Waals surface area contributed by atoms with Crippen molar-refractivity contribution in [2.24, 2.45) is 17.8 Å². The number of allylic oxidation sites excluding steroid dienone is 2. The first kappa shape index (κ1) is 21.9. The summed E-state index contributed by atoms with van der Waals surface area (Å²) >= 11 is 0. The van der Waals surface area contributed by atoms with Crippen molar-refractivity contribution in [3.63, 3.8) is 0 Å². The zero-order valence-electron chi connectivity index (χ0n) is 16.9. The van der Waals surface area contributed by atoms with Crippen LogP contribution in [0, 0.1) is 29.1 Å². The molecule has 27 heavy (non-hydrogen) atoms. The van der Waals surface area contributed by atoms with E-state index in [4.69, 9.17) is 10.00 Å². The average Bonchev–Trinajstić information content (AvgIpc) is 2.70. The first-order valence-corrected chi connectivity index (χ1v) is 11.1. The van der Waals surface area contributed by atoms with Crippen molar-refractivity contribution in [2.75, 3.05) is 0 Å². The summed E-state index contributed by atoms with van der Waals surface area (Å²) in [5.41, 5.74) is 0. The standard InChI is InChI=1S/C23H36FNO2/c1-2-3-4-6-18-9-13-20(14-10-18)23(26)27-22-15-11-19(12-16-22)7-5-8-21(24)17-25/h8,18-20,22H,2-7,9-16H2,1H3. The first-order chi connectivity index (χ1) is 13.1. The van der Waals surface area contributed by atoms with E-state index in [1.807, 2.05) is 0 Å². The molecule has 2 saturated carbocycles. The lowest BCUT2D eigenvalue weighted by atomic mass is 9.79. The van der Waals surface area contributed by atoms with Gasteiger partial charge in [-0.3, -0.25) is 4.79 Å². The summed E-state index contributed by atoms with van der Waals surface area (Å²) in [7, 11) is 0. The first-order valence-electron chi connectivity index (χ1n) is 11.1. The van der Waals surface area contributed by atoms with Crippen molar-refractivity contribution in [2.45, 2.75) is 103 Å². The van der Waals surface area contributed by atoms with Gasteiger partial charge in [0.05, 0.1) is 5.92 Å². The molecule has 0 heterocycles. The Morgan fingerprint density at radius 2 is 1.67 bits per heavy atom. The molecule has 0 saturated heterocycles. The third-order valence-corrected chi connectivity index (χ3v) is 6.48. The third kappa shape index (κ3) is 8.03. The molecule has 2 aliphatic rings. The minimum absolute atomic E-state index is 0.0319. The normalized spacial score (nSPS) is 29.1. The number of esters is 1. The predicted molar refractivity (Wildman–Crippen MR) is 105 cm³/mol. The Hall–Kier alpha value is -1.37. The van der Waals surface area contributed by atoms with Crippen LogP contribution < -0.4 is 0 Å². The Kier molecular flexibility index (Phi) is 9.87. The molecule has 2 rings (SSSR count). The molecule has 0 radical (unpaired) electrons. The predicted octanol–water partition coefficient (Wildman–Crippen LogP) is 6.63. The largest absolute Gasteiger partial charge is 0.462 e. The molecule has 0 aromatic heterocycles. The highest BCUT2D eigenvalue weighted by Crippen LogP contribution is 2.34. The van der Waals surface area contributed by atoms with Crippen molar-refractivity contribution in [3.8, 4) is 6.07 Å². The second kappa shape index (κ2) is 12.2. The summed E-state index contributed by atoms with van der Waals surface area (Å²) in [5.74, 6) is 0.837. The van der Waals surface area contributed by atoms with Crippen LogP contribution in [-0.4, -0.2) is 12.1 Å². The average molecular weight is 378 g/mol. The number of carbonyl (C=O) groups is 1. The van der Waals surface area contributed by atoms with E-state index in [0.717, 1.165) is 50.9 Å². The second-order valence-electron chi connectivity index (χ2n) is 8.53. The van der Waals surface area contributed by atoms with E-state index in [1.54, 1.807) is 0 Å². The maximum Gasteiger partial charge on any atom is 0.309 e. The van der Waals surface area contributed by atoms with Gasteiger partial charge < -0.3 is 4.74 Å². The monoisotopic (exact) mass is 377 g/mol. The molecule has 0 N–H and O–H groups in total. The van der Waals surface area contributed by atoms with Crippen molar-refractivity contribution in [1.82, 2.24) is 0 Å². The maximum atomic E-state index is 12.8. The van der Waals surface area contributed by atoms with E-state index in [0.29, 0.717) is 12.3 Å². The summed E-state index contributed by atoms with van der Waals surface area (Å²) in [5, 5.41) is 8.42. The summed E-state index contributed by atoms with van der Waals surface area (Å²) < 4.78 is 18.6. The lowest BCUT2D eigenvalue weighted by Gasteiger charge is -2.31. The van der Waals surface area contributed by atoms with Crippen LogP contribution in [0.4, 0.5) is 4.39 Å². The molecule has 0 aromatic carbocycles. The Morgan fingerprint density at radius 3 is 2.30 bits per heavy atom. The molecule has 4 heteroatoms. The molecular weight excluding hydrogens is 341 g/mol. The van der Waals surface area contributed by atoms with Crippen LogP contribution in [0.1, 0.15) is 96.8 Å². The van der Waals surface area contributed by atoms with E-state index >= 15 is 0 Å². The van der Waals surface area contributed by atoms with E-state index in [1.165, 1.54) is 50.7 Å². The zero-order chi connectivity index (χ0) is 19.5. The molecule has 0 atom stereocenters. The Morgan fingerprint density at radius 1 is 1.04 bits per heavy atom. The number of ether oxygens (including phenoxy) is 1. The van der Waals surface area contributed by atoms with E-state index < -0.39 is 5.83 Å². The lowest BCUT2D eigenvalue weighted by molar-refractivity contribution is -0.157. The quantitative estimate of drug-likeness (QED) is 0.257. The van der Waals surface area contributed by atoms with Crippen molar-refractivity contribution >= 4 is 5.97 Å². The highest BCUT2D eigenvalue weighted by molar-refractivity contribution is 5.72. The minimum atomic E-state index is -0.683. The summed E-state index contributed by atoms with van der Waals surface area (Å²) in [6, 6.07) is 1.51. The number of halogens is 1. The van der Waals surface area contributed by atoms with Gasteiger partial charge >= 0.3 is 5.97 Å². The van der Waals surface area contributed by atoms with Crippen LogP contribution in [0.3, 0.4) is 0 Å². The van der Waals surface area contributed by atoms with E-state index in [9.17, 15) is 9.18 Å². The molecule has 0 aliphatic heterocycles. The van der Waals surface area contributed by atoms with Gasteiger partial charge in [0.2, 0.25) is 0 Å². The fourth-order valence-electron chi connectivity index (χ4n) is 4.66. The van der Waals surface area contributed by atoms with Crippen LogP contribution in [0.25, 0.3) is 0 Å². The van der Waals surface area contributed by atoms with Gasteiger partial charge in [0, 0.05) is 0 Å². The number of unbranched alkanes of at least 4 members (excludes halogenated alkanes) is 2. The molecular formula is C23H36FNO2. The van der Waals surface area contributed by atoms with Crippen LogP contribution >= 0.6 is 0 Å². The summed E-state index contributed by atoms with van der Waals surface area (Å²) in [6.45, 7) is 2.24. The van der Waals surface area contributed by atoms with Crippen molar-refractivity contribution < 1.29 is 13.9 Å². The molecule has 2 fully saturated rings. The van der Waals surface area contributed by atoms with Crippen LogP contribution in [-0.2, 0) is 9.53 Å². The number of nitrogens with zero attached hydrogens (tertiary/aromatic N) is 1. The highest BCUT2D eigenvalue weighted by atomic mass is 19.1. The molecule has 0 spiro atoms. The molecule has 0 bridgehead atoms. The SMILES string of the molecule is CCCCCC1CCC(C(=O)OC2CCC(CCC=C(F)C#N)CC2)CC1. The fourth-order valence-corrected chi connectivity index (χ4v) is 4.66. The number of carbonyl (C=O) groups excluding carboxylic acids is 1. The highest BCUT2D eigenvalue weighted by Gasteiger charge is 2.30.